The van der Waals surface area contributed by atoms with Gasteiger partial charge in [0.05, 0.1) is 18.2 Å². The number of hydrogen-bond acceptors (Lipinski definition) is 4. The Morgan fingerprint density at radius 2 is 2.11 bits per heavy atom. The summed E-state index contributed by atoms with van der Waals surface area (Å²) < 4.78 is 5.09. The Bertz CT molecular complexity index is 334. The second kappa shape index (κ2) is 6.47. The first-order valence-corrected chi connectivity index (χ1v) is 5.87. The summed E-state index contributed by atoms with van der Waals surface area (Å²) in [5.74, 6) is 0. The molecule has 0 saturated heterocycles. The smallest absolute Gasteiger partial charge is 0.407 e. The lowest BCUT2D eigenvalue weighted by Gasteiger charge is -2.33. The molecule has 104 valence electrons. The van der Waals surface area contributed by atoms with E-state index in [1.807, 2.05) is 0 Å². The summed E-state index contributed by atoms with van der Waals surface area (Å²) in [4.78, 5) is 14.2. The number of azide groups is 1. The van der Waals surface area contributed by atoms with E-state index in [9.17, 15) is 9.90 Å². The summed E-state index contributed by atoms with van der Waals surface area (Å²) in [6.07, 6.45) is -0.258. The van der Waals surface area contributed by atoms with Gasteiger partial charge >= 0.3 is 6.09 Å². The van der Waals surface area contributed by atoms with E-state index in [-0.39, 0.29) is 6.54 Å². The van der Waals surface area contributed by atoms with Gasteiger partial charge in [0.2, 0.25) is 0 Å². The molecular formula is C11H22N4O3. The Morgan fingerprint density at radius 1 is 1.56 bits per heavy atom. The molecule has 0 aliphatic heterocycles. The monoisotopic (exact) mass is 258 g/mol. The van der Waals surface area contributed by atoms with Gasteiger partial charge in [-0.2, -0.15) is 0 Å². The van der Waals surface area contributed by atoms with E-state index in [4.69, 9.17) is 10.3 Å². The molecule has 0 spiro atoms. The maximum atomic E-state index is 11.6. The topological polar surface area (TPSA) is 107 Å². The molecule has 0 aromatic carbocycles. The van der Waals surface area contributed by atoms with Crippen LogP contribution in [0.4, 0.5) is 4.79 Å². The van der Waals surface area contributed by atoms with Crippen LogP contribution in [0.1, 0.15) is 41.0 Å². The van der Waals surface area contributed by atoms with Crippen molar-refractivity contribution in [2.24, 2.45) is 5.11 Å². The molecule has 0 aromatic rings. The first kappa shape index (κ1) is 16.5. The minimum absolute atomic E-state index is 0.100. The second-order valence-electron chi connectivity index (χ2n) is 5.21. The van der Waals surface area contributed by atoms with Gasteiger partial charge in [0, 0.05) is 4.91 Å². The summed E-state index contributed by atoms with van der Waals surface area (Å²) in [5, 5.41) is 16.1. The van der Waals surface area contributed by atoms with Crippen LogP contribution in [0.5, 0.6) is 0 Å². The average Bonchev–Trinajstić information content (AvgIpc) is 2.22. The standard InChI is InChI=1S/C11H22N4O3/c1-6-11(17,7-13-15-12)8(2)14-9(16)18-10(3,4)5/h8,17H,6-7H2,1-5H3,(H,14,16)/t8-,11-/m0/s1. The molecule has 0 unspecified atom stereocenters. The van der Waals surface area contributed by atoms with Gasteiger partial charge in [-0.1, -0.05) is 12.0 Å². The van der Waals surface area contributed by atoms with Crippen LogP contribution in [-0.4, -0.2) is 35.0 Å². The first-order valence-electron chi connectivity index (χ1n) is 5.87. The van der Waals surface area contributed by atoms with Crippen LogP contribution in [0.3, 0.4) is 0 Å². The van der Waals surface area contributed by atoms with Crippen LogP contribution in [0.25, 0.3) is 10.4 Å². The number of alkyl carbamates (subject to hydrolysis) is 1. The Morgan fingerprint density at radius 3 is 2.50 bits per heavy atom. The molecule has 0 bridgehead atoms. The number of nitrogens with one attached hydrogen (secondary N) is 1. The third-order valence-corrected chi connectivity index (χ3v) is 2.56. The van der Waals surface area contributed by atoms with Gasteiger partial charge in [0.25, 0.3) is 0 Å². The molecule has 0 aliphatic rings. The molecule has 7 heteroatoms. The summed E-state index contributed by atoms with van der Waals surface area (Å²) in [5.41, 5.74) is 6.40. The highest BCUT2D eigenvalue weighted by Gasteiger charge is 2.33. The van der Waals surface area contributed by atoms with Gasteiger partial charge in [-0.15, -0.1) is 0 Å². The van der Waals surface area contributed by atoms with Crippen molar-refractivity contribution in [1.29, 1.82) is 0 Å². The molecular weight excluding hydrogens is 236 g/mol. The van der Waals surface area contributed by atoms with Crippen molar-refractivity contribution in [1.82, 2.24) is 5.32 Å². The third-order valence-electron chi connectivity index (χ3n) is 2.56. The van der Waals surface area contributed by atoms with Crippen LogP contribution >= 0.6 is 0 Å². The molecule has 1 amide bonds. The number of amides is 1. The third kappa shape index (κ3) is 5.75. The number of aliphatic hydroxyl groups is 1. The fraction of sp³-hybridized carbons (Fsp3) is 0.909. The molecule has 18 heavy (non-hydrogen) atoms. The molecule has 0 rings (SSSR count). The lowest BCUT2D eigenvalue weighted by Crippen LogP contribution is -2.53. The van der Waals surface area contributed by atoms with Crippen molar-refractivity contribution < 1.29 is 14.6 Å². The lowest BCUT2D eigenvalue weighted by atomic mass is 9.93. The number of rotatable bonds is 5. The Kier molecular flexibility index (Phi) is 5.94. The molecule has 7 nitrogen and oxygen atoms in total. The van der Waals surface area contributed by atoms with E-state index in [2.05, 4.69) is 15.3 Å². The average molecular weight is 258 g/mol. The van der Waals surface area contributed by atoms with Crippen LogP contribution in [0.15, 0.2) is 5.11 Å². The maximum Gasteiger partial charge on any atom is 0.407 e. The fourth-order valence-corrected chi connectivity index (χ4v) is 1.33. The molecule has 0 fully saturated rings. The molecule has 2 N–H and O–H groups in total. The van der Waals surface area contributed by atoms with Crippen LogP contribution in [-0.2, 0) is 4.74 Å². The summed E-state index contributed by atoms with van der Waals surface area (Å²) in [7, 11) is 0. The van der Waals surface area contributed by atoms with Crippen molar-refractivity contribution in [2.45, 2.75) is 58.3 Å². The van der Waals surface area contributed by atoms with E-state index >= 15 is 0 Å². The molecule has 2 atom stereocenters. The molecule has 0 aromatic heterocycles. The molecule has 0 radical (unpaired) electrons. The Labute approximate surface area is 107 Å². The van der Waals surface area contributed by atoms with Crippen LogP contribution in [0.2, 0.25) is 0 Å². The zero-order chi connectivity index (χ0) is 14.4. The van der Waals surface area contributed by atoms with Gasteiger partial charge in [-0.25, -0.2) is 4.79 Å². The second-order valence-corrected chi connectivity index (χ2v) is 5.21. The van der Waals surface area contributed by atoms with Crippen molar-refractivity contribution in [2.75, 3.05) is 6.54 Å². The fourth-order valence-electron chi connectivity index (χ4n) is 1.33. The molecule has 0 aliphatic carbocycles. The normalized spacial score (nSPS) is 16.1. The number of carbonyl (C=O) groups excluding carboxylic acids is 1. The summed E-state index contributed by atoms with van der Waals surface area (Å²) >= 11 is 0. The predicted molar refractivity (Wildman–Crippen MR) is 68.1 cm³/mol. The van der Waals surface area contributed by atoms with E-state index in [1.54, 1.807) is 34.6 Å². The van der Waals surface area contributed by atoms with Gasteiger partial charge < -0.3 is 15.2 Å². The summed E-state index contributed by atoms with van der Waals surface area (Å²) in [6, 6.07) is -0.581. The SMILES string of the molecule is CC[C@](O)(CN=[N+]=[N-])[C@H](C)NC(=O)OC(C)(C)C. The summed E-state index contributed by atoms with van der Waals surface area (Å²) in [6.45, 7) is 8.55. The Balaban J connectivity index is 4.57. The highest BCUT2D eigenvalue weighted by molar-refractivity contribution is 5.68. The van der Waals surface area contributed by atoms with E-state index < -0.39 is 23.3 Å². The predicted octanol–water partition coefficient (Wildman–Crippen LogP) is 2.35. The van der Waals surface area contributed by atoms with Crippen molar-refractivity contribution in [3.05, 3.63) is 10.4 Å². The van der Waals surface area contributed by atoms with E-state index in [0.29, 0.717) is 6.42 Å². The maximum absolute atomic E-state index is 11.6. The van der Waals surface area contributed by atoms with Gasteiger partial charge in [-0.3, -0.25) is 0 Å². The number of carbonyl (C=O) groups is 1. The highest BCUT2D eigenvalue weighted by Crippen LogP contribution is 2.17. The van der Waals surface area contributed by atoms with Crippen LogP contribution in [0, 0.1) is 0 Å². The van der Waals surface area contributed by atoms with Gasteiger partial charge in [-0.05, 0) is 39.6 Å². The zero-order valence-corrected chi connectivity index (χ0v) is 11.6. The minimum atomic E-state index is -1.27. The molecule has 0 heterocycles. The quantitative estimate of drug-likeness (QED) is 0.449. The van der Waals surface area contributed by atoms with Crippen molar-refractivity contribution >= 4 is 6.09 Å². The number of nitrogens with zero attached hydrogens (tertiary/aromatic N) is 3. The van der Waals surface area contributed by atoms with Crippen molar-refractivity contribution in [3.8, 4) is 0 Å². The Hall–Kier alpha value is -1.46. The highest BCUT2D eigenvalue weighted by atomic mass is 16.6. The molecule has 0 saturated carbocycles. The van der Waals surface area contributed by atoms with E-state index in [1.165, 1.54) is 0 Å². The number of hydrogen-bond donors (Lipinski definition) is 2. The van der Waals surface area contributed by atoms with Gasteiger partial charge in [0.15, 0.2) is 0 Å². The van der Waals surface area contributed by atoms with E-state index in [0.717, 1.165) is 0 Å². The van der Waals surface area contributed by atoms with Crippen molar-refractivity contribution in [3.63, 3.8) is 0 Å². The number of ether oxygens (including phenoxy) is 1. The minimum Gasteiger partial charge on any atom is -0.444 e. The lowest BCUT2D eigenvalue weighted by molar-refractivity contribution is 0.00142. The zero-order valence-electron chi connectivity index (χ0n) is 11.6. The largest absolute Gasteiger partial charge is 0.444 e. The van der Waals surface area contributed by atoms with Crippen LogP contribution < -0.4 is 5.32 Å². The first-order chi connectivity index (χ1) is 8.14. The van der Waals surface area contributed by atoms with Gasteiger partial charge in [0.1, 0.15) is 5.60 Å².